The van der Waals surface area contributed by atoms with Gasteiger partial charge in [-0.05, 0) is 24.1 Å². The fraction of sp³-hybridized carbons (Fsp3) is 0.222. The third-order valence-corrected chi connectivity index (χ3v) is 1.70. The predicted octanol–water partition coefficient (Wildman–Crippen LogP) is 2.18. The average molecular weight is 166 g/mol. The maximum atomic E-state index is 5.02. The van der Waals surface area contributed by atoms with Crippen molar-refractivity contribution < 1.29 is 4.74 Å². The first-order chi connectivity index (χ1) is 5.36. The van der Waals surface area contributed by atoms with Crippen molar-refractivity contribution in [3.8, 4) is 5.75 Å². The lowest BCUT2D eigenvalue weighted by Crippen LogP contribution is -1.85. The largest absolute Gasteiger partial charge is 0.497 e. The van der Waals surface area contributed by atoms with Crippen LogP contribution in [0, 0.1) is 0 Å². The van der Waals surface area contributed by atoms with Crippen LogP contribution in [0.1, 0.15) is 5.56 Å². The number of ether oxygens (including phenoxy) is 1. The normalized spacial score (nSPS) is 9.18. The van der Waals surface area contributed by atoms with Crippen LogP contribution in [0.2, 0.25) is 0 Å². The third-order valence-electron chi connectivity index (χ3n) is 1.50. The van der Waals surface area contributed by atoms with Crippen molar-refractivity contribution in [1.82, 2.24) is 0 Å². The van der Waals surface area contributed by atoms with Gasteiger partial charge in [0.2, 0.25) is 0 Å². The Bertz CT molecular complexity index is 228. The molecule has 0 radical (unpaired) electrons. The van der Waals surface area contributed by atoms with E-state index in [1.54, 1.807) is 7.11 Å². The minimum absolute atomic E-state index is 0.905. The highest BCUT2D eigenvalue weighted by molar-refractivity contribution is 7.18. The Labute approximate surface area is 69.2 Å². The Morgan fingerprint density at radius 2 is 2.00 bits per heavy atom. The molecule has 0 fully saturated rings. The average Bonchev–Trinajstić information content (AvgIpc) is 2.07. The molecule has 0 amide bonds. The van der Waals surface area contributed by atoms with E-state index in [0.717, 1.165) is 12.2 Å². The van der Waals surface area contributed by atoms with Gasteiger partial charge in [0.15, 0.2) is 0 Å². The molecule has 0 spiro atoms. The van der Waals surface area contributed by atoms with Crippen LogP contribution in [0.25, 0.3) is 0 Å². The molecular weight excluding hydrogens is 155 g/mol. The van der Waals surface area contributed by atoms with Crippen LogP contribution in [0.4, 0.5) is 0 Å². The van der Waals surface area contributed by atoms with Crippen LogP contribution in [0.15, 0.2) is 24.3 Å². The smallest absolute Gasteiger partial charge is 0.118 e. The summed E-state index contributed by atoms with van der Waals surface area (Å²) in [6, 6.07) is 8.03. The summed E-state index contributed by atoms with van der Waals surface area (Å²) < 4.78 is 5.02. The molecule has 1 aromatic carbocycles. The highest BCUT2D eigenvalue weighted by Gasteiger charge is 1.90. The Morgan fingerprint density at radius 1 is 1.36 bits per heavy atom. The molecule has 1 nitrogen and oxygen atoms in total. The molecule has 0 saturated heterocycles. The van der Waals surface area contributed by atoms with Crippen LogP contribution < -0.4 is 4.74 Å². The molecule has 0 N–H and O–H groups in total. The molecule has 0 bridgehead atoms. The number of rotatable bonds is 3. The van der Waals surface area contributed by atoms with Gasteiger partial charge in [-0.1, -0.05) is 17.9 Å². The minimum atomic E-state index is 0.905. The van der Waals surface area contributed by atoms with E-state index >= 15 is 0 Å². The van der Waals surface area contributed by atoms with Crippen LogP contribution in [0.5, 0.6) is 5.75 Å². The SMILES string of the molecule is COc1ccc(CC=P)cc1. The van der Waals surface area contributed by atoms with Crippen molar-refractivity contribution in [3.05, 3.63) is 29.8 Å². The van der Waals surface area contributed by atoms with Gasteiger partial charge in [-0.2, -0.15) is 0 Å². The Hall–Kier alpha value is -0.810. The number of hydrogen-bond donors (Lipinski definition) is 0. The van der Waals surface area contributed by atoms with Gasteiger partial charge in [-0.15, -0.1) is 8.86 Å². The topological polar surface area (TPSA) is 9.23 Å². The zero-order valence-electron chi connectivity index (χ0n) is 6.50. The van der Waals surface area contributed by atoms with Crippen LogP contribution >= 0.6 is 8.86 Å². The molecular formula is C9H11OP. The molecule has 0 aliphatic carbocycles. The maximum Gasteiger partial charge on any atom is 0.118 e. The summed E-state index contributed by atoms with van der Waals surface area (Å²) in [5.41, 5.74) is 1.28. The zero-order valence-corrected chi connectivity index (χ0v) is 7.50. The lowest BCUT2D eigenvalue weighted by Gasteiger charge is -1.99. The van der Waals surface area contributed by atoms with E-state index in [1.807, 2.05) is 17.9 Å². The van der Waals surface area contributed by atoms with E-state index in [4.69, 9.17) is 4.74 Å². The van der Waals surface area contributed by atoms with Gasteiger partial charge in [0.25, 0.3) is 0 Å². The van der Waals surface area contributed by atoms with Crippen molar-refractivity contribution in [3.63, 3.8) is 0 Å². The Kier molecular flexibility index (Phi) is 3.13. The fourth-order valence-corrected chi connectivity index (χ4v) is 1.12. The summed E-state index contributed by atoms with van der Waals surface area (Å²) in [7, 11) is 4.98. The summed E-state index contributed by atoms with van der Waals surface area (Å²) in [5.74, 6) is 2.85. The lowest BCUT2D eigenvalue weighted by atomic mass is 10.2. The summed E-state index contributed by atoms with van der Waals surface area (Å²) >= 11 is 0. The van der Waals surface area contributed by atoms with Crippen molar-refractivity contribution in [2.45, 2.75) is 6.42 Å². The third kappa shape index (κ3) is 2.36. The molecule has 1 aromatic rings. The molecule has 11 heavy (non-hydrogen) atoms. The number of methoxy groups -OCH3 is 1. The molecule has 0 unspecified atom stereocenters. The number of benzene rings is 1. The molecule has 0 aromatic heterocycles. The van der Waals surface area contributed by atoms with Crippen molar-refractivity contribution in [2.75, 3.05) is 7.11 Å². The van der Waals surface area contributed by atoms with Crippen LogP contribution in [-0.2, 0) is 6.42 Å². The van der Waals surface area contributed by atoms with Crippen molar-refractivity contribution >= 4 is 14.7 Å². The van der Waals surface area contributed by atoms with Crippen molar-refractivity contribution in [2.24, 2.45) is 0 Å². The second-order valence-corrected chi connectivity index (χ2v) is 2.66. The van der Waals surface area contributed by atoms with Crippen LogP contribution in [-0.4, -0.2) is 12.9 Å². The molecule has 0 aliphatic heterocycles. The minimum Gasteiger partial charge on any atom is -0.497 e. The van der Waals surface area contributed by atoms with Gasteiger partial charge >= 0.3 is 0 Å². The second kappa shape index (κ2) is 4.15. The first-order valence-electron chi connectivity index (χ1n) is 3.48. The zero-order chi connectivity index (χ0) is 8.10. The van der Waals surface area contributed by atoms with Gasteiger partial charge in [-0.25, -0.2) is 0 Å². The Morgan fingerprint density at radius 3 is 2.45 bits per heavy atom. The van der Waals surface area contributed by atoms with Gasteiger partial charge in [0.05, 0.1) is 7.11 Å². The van der Waals surface area contributed by atoms with Crippen LogP contribution in [0.3, 0.4) is 0 Å². The van der Waals surface area contributed by atoms with Gasteiger partial charge in [0.1, 0.15) is 5.75 Å². The van der Waals surface area contributed by atoms with E-state index in [0.29, 0.717) is 0 Å². The van der Waals surface area contributed by atoms with Gasteiger partial charge in [0, 0.05) is 0 Å². The molecule has 1 rings (SSSR count). The van der Waals surface area contributed by atoms with E-state index in [9.17, 15) is 0 Å². The maximum absolute atomic E-state index is 5.02. The standard InChI is InChI=1S/C9H11OP/c1-10-9-4-2-8(3-5-9)6-7-11/h2-5,7,11H,6H2,1H3. The summed E-state index contributed by atoms with van der Waals surface area (Å²) in [6.07, 6.45) is 0.945. The van der Waals surface area contributed by atoms with Gasteiger partial charge < -0.3 is 4.74 Å². The van der Waals surface area contributed by atoms with E-state index in [-0.39, 0.29) is 0 Å². The Balaban J connectivity index is 2.74. The quantitative estimate of drug-likeness (QED) is 0.625. The summed E-state index contributed by atoms with van der Waals surface area (Å²) in [5, 5.41) is 0. The molecule has 2 heteroatoms. The van der Waals surface area contributed by atoms with E-state index in [2.05, 4.69) is 21.0 Å². The fourth-order valence-electron chi connectivity index (χ4n) is 0.879. The van der Waals surface area contributed by atoms with E-state index in [1.165, 1.54) is 5.56 Å². The summed E-state index contributed by atoms with van der Waals surface area (Å²) in [4.78, 5) is 0. The molecule has 0 heterocycles. The second-order valence-electron chi connectivity index (χ2n) is 2.26. The van der Waals surface area contributed by atoms with Gasteiger partial charge in [-0.3, -0.25) is 0 Å². The highest BCUT2D eigenvalue weighted by atomic mass is 31.0. The van der Waals surface area contributed by atoms with Crippen molar-refractivity contribution in [1.29, 1.82) is 0 Å². The molecule has 0 saturated carbocycles. The molecule has 0 atom stereocenters. The molecule has 58 valence electrons. The highest BCUT2D eigenvalue weighted by Crippen LogP contribution is 2.10. The summed E-state index contributed by atoms with van der Waals surface area (Å²) in [6.45, 7) is 0. The number of hydrogen-bond acceptors (Lipinski definition) is 1. The first-order valence-corrected chi connectivity index (χ1v) is 4.06. The lowest BCUT2D eigenvalue weighted by molar-refractivity contribution is 0.414. The predicted molar refractivity (Wildman–Crippen MR) is 51.1 cm³/mol. The first kappa shape index (κ1) is 8.29. The monoisotopic (exact) mass is 166 g/mol. The molecule has 0 aliphatic rings. The van der Waals surface area contributed by atoms with E-state index < -0.39 is 0 Å².